The van der Waals surface area contributed by atoms with Crippen LogP contribution in [0, 0.1) is 0 Å². The van der Waals surface area contributed by atoms with E-state index in [9.17, 15) is 9.59 Å². The van der Waals surface area contributed by atoms with Crippen LogP contribution >= 0.6 is 57.5 Å². The number of ether oxygens (including phenoxy) is 1. The Hall–Kier alpha value is -1.58. The van der Waals surface area contributed by atoms with Crippen molar-refractivity contribution in [3.63, 3.8) is 0 Å². The van der Waals surface area contributed by atoms with Gasteiger partial charge in [-0.25, -0.2) is 9.78 Å². The smallest absolute Gasteiger partial charge is 0.348 e. The number of amides is 1. The Morgan fingerprint density at radius 3 is 2.41 bits per heavy atom. The first kappa shape index (κ1) is 20.2. The van der Waals surface area contributed by atoms with E-state index in [2.05, 4.69) is 10.3 Å². The number of halogens is 3. The normalized spacial score (nSPS) is 10.9. The zero-order valence-corrected chi connectivity index (χ0v) is 17.9. The average Bonchev–Trinajstić information content (AvgIpc) is 3.15. The van der Waals surface area contributed by atoms with Crippen molar-refractivity contribution in [3.8, 4) is 0 Å². The van der Waals surface area contributed by atoms with Gasteiger partial charge in [0.15, 0.2) is 11.7 Å². The van der Waals surface area contributed by atoms with Crippen molar-refractivity contribution >= 4 is 89.7 Å². The monoisotopic (exact) mass is 463 g/mol. The van der Waals surface area contributed by atoms with Gasteiger partial charge in [0.25, 0.3) is 5.91 Å². The number of anilines is 2. The molecule has 0 bridgehead atoms. The van der Waals surface area contributed by atoms with Crippen LogP contribution < -0.4 is 10.2 Å². The summed E-state index contributed by atoms with van der Waals surface area (Å²) in [7, 11) is 3.80. The molecule has 2 heterocycles. The quantitative estimate of drug-likeness (QED) is 0.527. The third-order valence-electron chi connectivity index (χ3n) is 3.27. The molecule has 0 aliphatic heterocycles. The third-order valence-corrected chi connectivity index (χ3v) is 6.39. The minimum absolute atomic E-state index is 0.188. The van der Waals surface area contributed by atoms with Crippen molar-refractivity contribution in [1.82, 2.24) is 4.98 Å². The van der Waals surface area contributed by atoms with E-state index < -0.39 is 18.5 Å². The Balaban J connectivity index is 1.62. The van der Waals surface area contributed by atoms with E-state index in [0.717, 1.165) is 14.7 Å². The van der Waals surface area contributed by atoms with Gasteiger partial charge in [0, 0.05) is 19.1 Å². The van der Waals surface area contributed by atoms with Crippen LogP contribution in [0.1, 0.15) is 9.67 Å². The van der Waals surface area contributed by atoms with E-state index in [0.29, 0.717) is 9.90 Å². The second-order valence-corrected chi connectivity index (χ2v) is 8.83. The highest BCUT2D eigenvalue weighted by molar-refractivity contribution is 7.29. The van der Waals surface area contributed by atoms with Gasteiger partial charge in [-0.05, 0) is 18.2 Å². The zero-order chi connectivity index (χ0) is 19.7. The average molecular weight is 465 g/mol. The van der Waals surface area contributed by atoms with Gasteiger partial charge in [-0.1, -0.05) is 46.1 Å². The van der Waals surface area contributed by atoms with E-state index in [4.69, 9.17) is 39.5 Å². The zero-order valence-electron chi connectivity index (χ0n) is 14.0. The van der Waals surface area contributed by atoms with Gasteiger partial charge in [0.05, 0.1) is 20.4 Å². The molecule has 11 heteroatoms. The molecule has 0 saturated heterocycles. The number of thiophene rings is 1. The summed E-state index contributed by atoms with van der Waals surface area (Å²) in [5.74, 6) is -1.17. The van der Waals surface area contributed by atoms with Gasteiger partial charge >= 0.3 is 5.97 Å². The number of nitrogens with one attached hydrogen (secondary N) is 1. The molecular formula is C16H12Cl3N3O3S2. The second-order valence-electron chi connectivity index (χ2n) is 5.54. The molecule has 1 aromatic carbocycles. The summed E-state index contributed by atoms with van der Waals surface area (Å²) in [5.41, 5.74) is 0.209. The molecule has 3 rings (SSSR count). The fourth-order valence-corrected chi connectivity index (χ4v) is 4.99. The molecule has 1 amide bonds. The molecule has 6 nitrogen and oxygen atoms in total. The number of fused-ring (bicyclic) bond motifs is 1. The van der Waals surface area contributed by atoms with Gasteiger partial charge in [-0.2, -0.15) is 0 Å². The topological polar surface area (TPSA) is 71.5 Å². The maximum Gasteiger partial charge on any atom is 0.348 e. The molecule has 2 aromatic heterocycles. The van der Waals surface area contributed by atoms with Crippen molar-refractivity contribution in [1.29, 1.82) is 0 Å². The summed E-state index contributed by atoms with van der Waals surface area (Å²) in [6.45, 7) is -0.476. The van der Waals surface area contributed by atoms with Crippen LogP contribution in [0.5, 0.6) is 0 Å². The lowest BCUT2D eigenvalue weighted by molar-refractivity contribution is -0.119. The number of hydrogen-bond acceptors (Lipinski definition) is 7. The third kappa shape index (κ3) is 4.64. The predicted octanol–water partition coefficient (Wildman–Crippen LogP) is 5.18. The van der Waals surface area contributed by atoms with Crippen LogP contribution in [0.3, 0.4) is 0 Å². The van der Waals surface area contributed by atoms with Gasteiger partial charge in [-0.15, -0.1) is 11.3 Å². The molecule has 0 spiro atoms. The highest BCUT2D eigenvalue weighted by Gasteiger charge is 2.18. The summed E-state index contributed by atoms with van der Waals surface area (Å²) in [4.78, 5) is 31.7. The molecule has 1 N–H and O–H groups in total. The number of esters is 1. The molecule has 0 unspecified atom stereocenters. The summed E-state index contributed by atoms with van der Waals surface area (Å²) in [6, 6.07) is 4.60. The predicted molar refractivity (Wildman–Crippen MR) is 112 cm³/mol. The number of rotatable bonds is 5. The molecule has 0 saturated carbocycles. The number of hydrogen-bond donors (Lipinski definition) is 1. The Bertz CT molecular complexity index is 978. The Kier molecular flexibility index (Phi) is 6.12. The van der Waals surface area contributed by atoms with Crippen molar-refractivity contribution in [3.05, 3.63) is 38.1 Å². The lowest BCUT2D eigenvalue weighted by atomic mass is 10.3. The standard InChI is InChI=1S/C16H12Cl3N3O3S2/c1-22(2)16-21-14-10(27-16)5-11(26-14)15(24)25-6-12(23)20-13-8(18)3-7(17)4-9(13)19/h3-5H,6H2,1-2H3,(H,20,23). The molecular weight excluding hydrogens is 453 g/mol. The van der Waals surface area contributed by atoms with E-state index in [1.54, 1.807) is 6.07 Å². The number of thiazole rings is 1. The largest absolute Gasteiger partial charge is 0.451 e. The molecule has 0 atom stereocenters. The molecule has 0 aliphatic rings. The summed E-state index contributed by atoms with van der Waals surface area (Å²) >= 11 is 20.5. The van der Waals surface area contributed by atoms with E-state index in [-0.39, 0.29) is 15.7 Å². The van der Waals surface area contributed by atoms with Crippen molar-refractivity contribution in [2.45, 2.75) is 0 Å². The first-order valence-electron chi connectivity index (χ1n) is 7.44. The maximum atomic E-state index is 12.2. The molecule has 27 heavy (non-hydrogen) atoms. The number of aromatic nitrogens is 1. The number of carbonyl (C=O) groups is 2. The van der Waals surface area contributed by atoms with Crippen LogP contribution in [0.25, 0.3) is 9.53 Å². The number of carbonyl (C=O) groups excluding carboxylic acids is 2. The van der Waals surface area contributed by atoms with Crippen molar-refractivity contribution < 1.29 is 14.3 Å². The van der Waals surface area contributed by atoms with Crippen LogP contribution in [0.2, 0.25) is 15.1 Å². The number of benzene rings is 1. The molecule has 0 aliphatic carbocycles. The minimum atomic E-state index is -0.597. The van der Waals surface area contributed by atoms with Gasteiger partial charge in [0.1, 0.15) is 9.71 Å². The van der Waals surface area contributed by atoms with Crippen LogP contribution in [-0.4, -0.2) is 37.6 Å². The first-order valence-corrected chi connectivity index (χ1v) is 10.2. The highest BCUT2D eigenvalue weighted by Crippen LogP contribution is 2.35. The summed E-state index contributed by atoms with van der Waals surface area (Å²) in [5, 5.41) is 4.08. The summed E-state index contributed by atoms with van der Waals surface area (Å²) in [6.07, 6.45) is 0. The first-order chi connectivity index (χ1) is 12.7. The summed E-state index contributed by atoms with van der Waals surface area (Å²) < 4.78 is 5.94. The van der Waals surface area contributed by atoms with Gasteiger partial charge in [-0.3, -0.25) is 4.79 Å². The van der Waals surface area contributed by atoms with E-state index in [1.165, 1.54) is 34.8 Å². The van der Waals surface area contributed by atoms with Crippen LogP contribution in [0.15, 0.2) is 18.2 Å². The fourth-order valence-electron chi connectivity index (χ4n) is 2.06. The van der Waals surface area contributed by atoms with Crippen LogP contribution in [0.4, 0.5) is 10.8 Å². The number of nitrogens with zero attached hydrogens (tertiary/aromatic N) is 2. The van der Waals surface area contributed by atoms with Crippen LogP contribution in [-0.2, 0) is 9.53 Å². The van der Waals surface area contributed by atoms with Gasteiger partial charge in [0.2, 0.25) is 0 Å². The Morgan fingerprint density at radius 1 is 1.15 bits per heavy atom. The fraction of sp³-hybridized carbons (Fsp3) is 0.188. The van der Waals surface area contributed by atoms with E-state index in [1.807, 2.05) is 19.0 Å². The maximum absolute atomic E-state index is 12.2. The van der Waals surface area contributed by atoms with E-state index >= 15 is 0 Å². The molecule has 0 fully saturated rings. The Morgan fingerprint density at radius 2 is 1.81 bits per heavy atom. The molecule has 142 valence electrons. The Labute approximate surface area is 177 Å². The van der Waals surface area contributed by atoms with Crippen molar-refractivity contribution in [2.24, 2.45) is 0 Å². The lowest BCUT2D eigenvalue weighted by Crippen LogP contribution is -2.21. The highest BCUT2D eigenvalue weighted by atomic mass is 35.5. The van der Waals surface area contributed by atoms with Gasteiger partial charge < -0.3 is 15.0 Å². The molecule has 3 aromatic rings. The SMILES string of the molecule is CN(C)c1nc2sc(C(=O)OCC(=O)Nc3c(Cl)cc(Cl)cc3Cl)cc2s1. The van der Waals surface area contributed by atoms with Crippen molar-refractivity contribution in [2.75, 3.05) is 30.9 Å². The lowest BCUT2D eigenvalue weighted by Gasteiger charge is -2.10. The second kappa shape index (κ2) is 8.20. The molecule has 0 radical (unpaired) electrons. The minimum Gasteiger partial charge on any atom is -0.451 e.